The highest BCUT2D eigenvalue weighted by molar-refractivity contribution is 7.09. The number of thiophene rings is 1. The maximum Gasteiger partial charge on any atom is 0.311 e. The maximum absolute atomic E-state index is 13.0. The first-order valence-corrected chi connectivity index (χ1v) is 9.26. The molecule has 4 heterocycles. The van der Waals surface area contributed by atoms with Crippen LogP contribution in [0.2, 0.25) is 0 Å². The summed E-state index contributed by atoms with van der Waals surface area (Å²) in [6.07, 6.45) is 2.36. The third-order valence-corrected chi connectivity index (χ3v) is 6.24. The fraction of sp³-hybridized carbons (Fsp3) is 0.444. The van der Waals surface area contributed by atoms with Gasteiger partial charge in [0, 0.05) is 36.7 Å². The van der Waals surface area contributed by atoms with Crippen LogP contribution in [0.3, 0.4) is 0 Å². The second-order valence-corrected chi connectivity index (χ2v) is 7.80. The first-order chi connectivity index (χ1) is 12.1. The highest BCUT2D eigenvalue weighted by atomic mass is 32.1. The molecule has 2 saturated heterocycles. The van der Waals surface area contributed by atoms with E-state index in [1.165, 1.54) is 4.88 Å². The molecule has 2 aliphatic heterocycles. The summed E-state index contributed by atoms with van der Waals surface area (Å²) in [5.74, 6) is -1.05. The van der Waals surface area contributed by atoms with Crippen molar-refractivity contribution in [3.63, 3.8) is 0 Å². The molecule has 4 rings (SSSR count). The van der Waals surface area contributed by atoms with Gasteiger partial charge in [-0.05, 0) is 30.0 Å². The summed E-state index contributed by atoms with van der Waals surface area (Å²) in [6.45, 7) is 2.21. The first kappa shape index (κ1) is 16.4. The van der Waals surface area contributed by atoms with Crippen LogP contribution in [0.25, 0.3) is 0 Å². The van der Waals surface area contributed by atoms with Gasteiger partial charge in [0.1, 0.15) is 5.69 Å². The van der Waals surface area contributed by atoms with E-state index in [-0.39, 0.29) is 18.4 Å². The van der Waals surface area contributed by atoms with Crippen molar-refractivity contribution in [3.8, 4) is 0 Å². The standard InChI is InChI=1S/C18H20N2O4S/c21-16(15-4-1-6-19(15)10-14-3-2-8-25-14)20-9-13-11-24-7-5-18(13,12-20)17(22)23/h1-4,6,8,13H,5,7,9-12H2,(H,22,23)/t13-,18+/m0/s1. The molecule has 132 valence electrons. The molecule has 2 aromatic heterocycles. The molecule has 7 heteroatoms. The van der Waals surface area contributed by atoms with Crippen molar-refractivity contribution in [3.05, 3.63) is 46.4 Å². The monoisotopic (exact) mass is 360 g/mol. The van der Waals surface area contributed by atoms with E-state index >= 15 is 0 Å². The Morgan fingerprint density at radius 2 is 2.24 bits per heavy atom. The van der Waals surface area contributed by atoms with Gasteiger partial charge in [-0.2, -0.15) is 0 Å². The molecule has 2 fully saturated rings. The fourth-order valence-corrected chi connectivity index (χ4v) is 4.64. The number of carbonyl (C=O) groups excluding carboxylic acids is 1. The second-order valence-electron chi connectivity index (χ2n) is 6.77. The van der Waals surface area contributed by atoms with E-state index in [0.717, 1.165) is 0 Å². The lowest BCUT2D eigenvalue weighted by Gasteiger charge is -2.33. The minimum absolute atomic E-state index is 0.100. The van der Waals surface area contributed by atoms with Crippen LogP contribution in [-0.4, -0.2) is 52.8 Å². The first-order valence-electron chi connectivity index (χ1n) is 8.38. The van der Waals surface area contributed by atoms with Crippen molar-refractivity contribution in [1.82, 2.24) is 9.47 Å². The van der Waals surface area contributed by atoms with Gasteiger partial charge >= 0.3 is 5.97 Å². The zero-order chi connectivity index (χ0) is 17.4. The minimum Gasteiger partial charge on any atom is -0.481 e. The van der Waals surface area contributed by atoms with E-state index in [4.69, 9.17) is 4.74 Å². The number of amides is 1. The van der Waals surface area contributed by atoms with Crippen LogP contribution in [0, 0.1) is 11.3 Å². The Balaban J connectivity index is 1.56. The Hall–Kier alpha value is -2.12. The van der Waals surface area contributed by atoms with Gasteiger partial charge in [0.15, 0.2) is 0 Å². The number of fused-ring (bicyclic) bond motifs is 1. The average Bonchev–Trinajstić information content (AvgIpc) is 3.34. The Morgan fingerprint density at radius 1 is 1.36 bits per heavy atom. The summed E-state index contributed by atoms with van der Waals surface area (Å²) in [7, 11) is 0. The number of likely N-dealkylation sites (tertiary alicyclic amines) is 1. The van der Waals surface area contributed by atoms with Gasteiger partial charge in [0.25, 0.3) is 5.91 Å². The predicted octanol–water partition coefficient (Wildman–Crippen LogP) is 2.16. The molecule has 1 N–H and O–H groups in total. The van der Waals surface area contributed by atoms with Crippen LogP contribution in [0.1, 0.15) is 21.8 Å². The summed E-state index contributed by atoms with van der Waals surface area (Å²) >= 11 is 1.65. The smallest absolute Gasteiger partial charge is 0.311 e. The Labute approximate surface area is 149 Å². The number of rotatable bonds is 4. The third-order valence-electron chi connectivity index (χ3n) is 5.37. The van der Waals surface area contributed by atoms with Gasteiger partial charge in [0.05, 0.1) is 18.6 Å². The molecule has 0 aromatic carbocycles. The van der Waals surface area contributed by atoms with Gasteiger partial charge in [-0.1, -0.05) is 6.07 Å². The normalized spacial score (nSPS) is 25.8. The molecular formula is C18H20N2O4S. The average molecular weight is 360 g/mol. The fourth-order valence-electron chi connectivity index (χ4n) is 3.93. The van der Waals surface area contributed by atoms with Gasteiger partial charge in [-0.15, -0.1) is 11.3 Å². The van der Waals surface area contributed by atoms with Gasteiger partial charge in [-0.25, -0.2) is 0 Å². The Morgan fingerprint density at radius 3 is 2.96 bits per heavy atom. The van der Waals surface area contributed by atoms with Crippen molar-refractivity contribution in [2.24, 2.45) is 11.3 Å². The van der Waals surface area contributed by atoms with Crippen LogP contribution in [0.15, 0.2) is 35.8 Å². The zero-order valence-corrected chi connectivity index (χ0v) is 14.6. The molecule has 2 aliphatic rings. The number of nitrogens with zero attached hydrogens (tertiary/aromatic N) is 2. The molecular weight excluding hydrogens is 340 g/mol. The van der Waals surface area contributed by atoms with Gasteiger partial charge in [0.2, 0.25) is 0 Å². The molecule has 0 saturated carbocycles. The van der Waals surface area contributed by atoms with E-state index in [1.54, 1.807) is 16.2 Å². The quantitative estimate of drug-likeness (QED) is 0.907. The predicted molar refractivity (Wildman–Crippen MR) is 92.8 cm³/mol. The summed E-state index contributed by atoms with van der Waals surface area (Å²) in [4.78, 5) is 27.8. The number of hydrogen-bond acceptors (Lipinski definition) is 4. The van der Waals surface area contributed by atoms with Crippen LogP contribution in [0.4, 0.5) is 0 Å². The molecule has 1 amide bonds. The highest BCUT2D eigenvalue weighted by Gasteiger charge is 2.55. The largest absolute Gasteiger partial charge is 0.481 e. The second kappa shape index (κ2) is 6.31. The lowest BCUT2D eigenvalue weighted by molar-refractivity contribution is -0.157. The highest BCUT2D eigenvalue weighted by Crippen LogP contribution is 2.42. The van der Waals surface area contributed by atoms with Crippen LogP contribution < -0.4 is 0 Å². The molecule has 0 spiro atoms. The van der Waals surface area contributed by atoms with Crippen molar-refractivity contribution >= 4 is 23.2 Å². The third kappa shape index (κ3) is 2.77. The number of aromatic nitrogens is 1. The number of aliphatic carboxylic acids is 1. The van der Waals surface area contributed by atoms with Crippen molar-refractivity contribution < 1.29 is 19.4 Å². The molecule has 25 heavy (non-hydrogen) atoms. The van der Waals surface area contributed by atoms with Crippen LogP contribution in [-0.2, 0) is 16.1 Å². The van der Waals surface area contributed by atoms with Crippen molar-refractivity contribution in [2.75, 3.05) is 26.3 Å². The van der Waals surface area contributed by atoms with Crippen molar-refractivity contribution in [1.29, 1.82) is 0 Å². The summed E-state index contributed by atoms with van der Waals surface area (Å²) < 4.78 is 7.40. The number of hydrogen-bond donors (Lipinski definition) is 1. The van der Waals surface area contributed by atoms with E-state index in [0.29, 0.717) is 38.4 Å². The van der Waals surface area contributed by atoms with Crippen LogP contribution in [0.5, 0.6) is 0 Å². The summed E-state index contributed by atoms with van der Waals surface area (Å²) in [6, 6.07) is 7.70. The van der Waals surface area contributed by atoms with E-state index < -0.39 is 11.4 Å². The topological polar surface area (TPSA) is 71.8 Å². The summed E-state index contributed by atoms with van der Waals surface area (Å²) in [5.41, 5.74) is -0.257. The van der Waals surface area contributed by atoms with Gasteiger partial charge in [-0.3, -0.25) is 9.59 Å². The van der Waals surface area contributed by atoms with Crippen LogP contribution >= 0.6 is 11.3 Å². The molecule has 0 radical (unpaired) electrons. The molecule has 6 nitrogen and oxygen atoms in total. The minimum atomic E-state index is -0.862. The molecule has 0 aliphatic carbocycles. The molecule has 0 unspecified atom stereocenters. The van der Waals surface area contributed by atoms with E-state index in [1.807, 2.05) is 40.4 Å². The lowest BCUT2D eigenvalue weighted by atomic mass is 9.74. The van der Waals surface area contributed by atoms with E-state index in [9.17, 15) is 14.7 Å². The lowest BCUT2D eigenvalue weighted by Crippen LogP contribution is -2.45. The maximum atomic E-state index is 13.0. The van der Waals surface area contributed by atoms with E-state index in [2.05, 4.69) is 0 Å². The Kier molecular flexibility index (Phi) is 4.13. The Bertz CT molecular complexity index is 785. The number of carbonyl (C=O) groups is 2. The number of ether oxygens (including phenoxy) is 1. The number of carboxylic acids is 1. The summed E-state index contributed by atoms with van der Waals surface area (Å²) in [5, 5.41) is 11.8. The molecule has 0 bridgehead atoms. The SMILES string of the molecule is O=C(c1cccn1Cc1cccs1)N1C[C@H]2COCC[C@@]2(C(=O)O)C1. The van der Waals surface area contributed by atoms with Crippen molar-refractivity contribution in [2.45, 2.75) is 13.0 Å². The zero-order valence-electron chi connectivity index (χ0n) is 13.8. The number of carboxylic acid groups (broad SMARTS) is 1. The molecule has 2 atom stereocenters. The molecule has 2 aromatic rings. The van der Waals surface area contributed by atoms with Gasteiger partial charge < -0.3 is 19.3 Å².